The molecule has 0 aliphatic heterocycles. The van der Waals surface area contributed by atoms with Crippen molar-refractivity contribution in [3.8, 4) is 5.75 Å². The van der Waals surface area contributed by atoms with Gasteiger partial charge in [-0.3, -0.25) is 0 Å². The summed E-state index contributed by atoms with van der Waals surface area (Å²) in [5, 5.41) is 8.58. The number of benzene rings is 1. The van der Waals surface area contributed by atoms with Crippen LogP contribution in [-0.4, -0.2) is 23.3 Å². The number of ether oxygens (including phenoxy) is 1. The molecule has 0 atom stereocenters. The van der Waals surface area contributed by atoms with Crippen molar-refractivity contribution in [3.63, 3.8) is 0 Å². The number of rotatable bonds is 3. The molecule has 0 spiro atoms. The molecule has 0 amide bonds. The quantitative estimate of drug-likeness (QED) is 0.769. The second-order valence-corrected chi connectivity index (χ2v) is 2.53. The third-order valence-corrected chi connectivity index (χ3v) is 1.67. The molecule has 1 aromatic heterocycles. The van der Waals surface area contributed by atoms with Crippen LogP contribution in [0.3, 0.4) is 0 Å². The van der Waals surface area contributed by atoms with Gasteiger partial charge < -0.3 is 14.3 Å². The summed E-state index contributed by atoms with van der Waals surface area (Å²) in [6, 6.07) is 5.43. The Hall–Kier alpha value is -1.55. The van der Waals surface area contributed by atoms with Gasteiger partial charge in [0, 0.05) is 0 Å². The zero-order valence-corrected chi connectivity index (χ0v) is 6.93. The summed E-state index contributed by atoms with van der Waals surface area (Å²) in [6.07, 6.45) is 1.37. The van der Waals surface area contributed by atoms with Crippen molar-refractivity contribution >= 4 is 11.1 Å². The third-order valence-electron chi connectivity index (χ3n) is 1.67. The zero-order valence-electron chi connectivity index (χ0n) is 6.93. The Morgan fingerprint density at radius 1 is 1.46 bits per heavy atom. The van der Waals surface area contributed by atoms with E-state index in [-0.39, 0.29) is 13.2 Å². The van der Waals surface area contributed by atoms with E-state index in [2.05, 4.69) is 4.98 Å². The van der Waals surface area contributed by atoms with Crippen LogP contribution in [0, 0.1) is 0 Å². The number of nitrogens with zero attached hydrogens (tertiary/aromatic N) is 1. The molecule has 2 rings (SSSR count). The number of aromatic nitrogens is 1. The van der Waals surface area contributed by atoms with Gasteiger partial charge in [-0.2, -0.15) is 0 Å². The van der Waals surface area contributed by atoms with Crippen molar-refractivity contribution in [2.75, 3.05) is 13.2 Å². The fraction of sp³-hybridized carbons (Fsp3) is 0.222. The van der Waals surface area contributed by atoms with Crippen molar-refractivity contribution < 1.29 is 14.3 Å². The third kappa shape index (κ3) is 1.48. The number of aliphatic hydroxyl groups is 1. The van der Waals surface area contributed by atoms with E-state index in [0.717, 1.165) is 0 Å². The highest BCUT2D eigenvalue weighted by Crippen LogP contribution is 2.23. The largest absolute Gasteiger partial charge is 0.489 e. The molecule has 2 aromatic rings. The van der Waals surface area contributed by atoms with Gasteiger partial charge in [-0.05, 0) is 12.1 Å². The van der Waals surface area contributed by atoms with Crippen molar-refractivity contribution in [3.05, 3.63) is 24.6 Å². The van der Waals surface area contributed by atoms with Gasteiger partial charge in [0.1, 0.15) is 12.4 Å². The van der Waals surface area contributed by atoms with Crippen molar-refractivity contribution in [2.24, 2.45) is 0 Å². The molecular weight excluding hydrogens is 170 g/mol. The highest BCUT2D eigenvalue weighted by atomic mass is 16.5. The molecular formula is C9H9NO3. The fourth-order valence-electron chi connectivity index (χ4n) is 1.13. The molecule has 0 saturated heterocycles. The van der Waals surface area contributed by atoms with E-state index in [1.807, 2.05) is 12.1 Å². The normalized spacial score (nSPS) is 10.5. The molecule has 13 heavy (non-hydrogen) atoms. The molecule has 1 heterocycles. The number of oxazole rings is 1. The first-order valence-electron chi connectivity index (χ1n) is 3.97. The number of hydrogen-bond acceptors (Lipinski definition) is 4. The molecule has 1 N–H and O–H groups in total. The van der Waals surface area contributed by atoms with Gasteiger partial charge in [0.2, 0.25) is 0 Å². The summed E-state index contributed by atoms with van der Waals surface area (Å²) in [7, 11) is 0. The molecule has 0 aliphatic rings. The molecule has 0 aliphatic carbocycles. The van der Waals surface area contributed by atoms with Crippen LogP contribution in [0.25, 0.3) is 11.1 Å². The second kappa shape index (κ2) is 3.45. The summed E-state index contributed by atoms with van der Waals surface area (Å²) in [6.45, 7) is 0.264. The van der Waals surface area contributed by atoms with Crippen LogP contribution in [0.4, 0.5) is 0 Å². The zero-order chi connectivity index (χ0) is 9.10. The van der Waals surface area contributed by atoms with E-state index in [9.17, 15) is 0 Å². The molecule has 1 aromatic carbocycles. The Morgan fingerprint density at radius 3 is 3.23 bits per heavy atom. The Morgan fingerprint density at radius 2 is 2.38 bits per heavy atom. The monoisotopic (exact) mass is 179 g/mol. The number of para-hydroxylation sites is 1. The van der Waals surface area contributed by atoms with Crippen molar-refractivity contribution in [1.82, 2.24) is 4.98 Å². The lowest BCUT2D eigenvalue weighted by Gasteiger charge is -2.02. The summed E-state index contributed by atoms with van der Waals surface area (Å²) >= 11 is 0. The lowest BCUT2D eigenvalue weighted by atomic mass is 10.3. The van der Waals surface area contributed by atoms with E-state index < -0.39 is 0 Å². The lowest BCUT2D eigenvalue weighted by Crippen LogP contribution is -2.01. The minimum Gasteiger partial charge on any atom is -0.489 e. The molecule has 0 radical (unpaired) electrons. The molecule has 4 nitrogen and oxygen atoms in total. The SMILES string of the molecule is OCCOc1cccc2ocnc12. The fourth-order valence-corrected chi connectivity index (χ4v) is 1.13. The Kier molecular flexibility index (Phi) is 2.14. The van der Waals surface area contributed by atoms with Gasteiger partial charge in [-0.25, -0.2) is 4.98 Å². The minimum atomic E-state index is -0.00572. The number of aliphatic hydroxyl groups excluding tert-OH is 1. The summed E-state index contributed by atoms with van der Waals surface area (Å²) in [5.41, 5.74) is 1.38. The standard InChI is InChI=1S/C9H9NO3/c11-4-5-12-7-2-1-3-8-9(7)10-6-13-8/h1-3,6,11H,4-5H2. The topological polar surface area (TPSA) is 55.5 Å². The van der Waals surface area contributed by atoms with Crippen LogP contribution >= 0.6 is 0 Å². The van der Waals surface area contributed by atoms with Gasteiger partial charge in [0.25, 0.3) is 0 Å². The first kappa shape index (κ1) is 8.07. The maximum atomic E-state index is 8.58. The van der Waals surface area contributed by atoms with E-state index in [1.165, 1.54) is 6.39 Å². The molecule has 0 fully saturated rings. The molecule has 0 saturated carbocycles. The maximum absolute atomic E-state index is 8.58. The van der Waals surface area contributed by atoms with Crippen molar-refractivity contribution in [1.29, 1.82) is 0 Å². The van der Waals surface area contributed by atoms with Crippen LogP contribution in [0.5, 0.6) is 5.75 Å². The number of hydrogen-bond donors (Lipinski definition) is 1. The summed E-state index contributed by atoms with van der Waals surface area (Å²) in [5.74, 6) is 0.639. The van der Waals surface area contributed by atoms with E-state index in [1.54, 1.807) is 6.07 Å². The predicted molar refractivity (Wildman–Crippen MR) is 46.6 cm³/mol. The van der Waals surface area contributed by atoms with Crippen LogP contribution in [0.15, 0.2) is 29.0 Å². The van der Waals surface area contributed by atoms with Crippen molar-refractivity contribution in [2.45, 2.75) is 0 Å². The Bertz CT molecular complexity index is 396. The summed E-state index contributed by atoms with van der Waals surface area (Å²) < 4.78 is 10.3. The first-order valence-corrected chi connectivity index (χ1v) is 3.97. The van der Waals surface area contributed by atoms with Crippen LogP contribution in [0.2, 0.25) is 0 Å². The van der Waals surface area contributed by atoms with Crippen LogP contribution in [-0.2, 0) is 0 Å². The van der Waals surface area contributed by atoms with E-state index in [4.69, 9.17) is 14.3 Å². The molecule has 68 valence electrons. The van der Waals surface area contributed by atoms with Gasteiger partial charge in [0.15, 0.2) is 17.5 Å². The summed E-state index contributed by atoms with van der Waals surface area (Å²) in [4.78, 5) is 4.00. The Labute approximate surface area is 74.8 Å². The van der Waals surface area contributed by atoms with Crippen LogP contribution < -0.4 is 4.74 Å². The van der Waals surface area contributed by atoms with E-state index >= 15 is 0 Å². The van der Waals surface area contributed by atoms with E-state index in [0.29, 0.717) is 16.8 Å². The van der Waals surface area contributed by atoms with Gasteiger partial charge >= 0.3 is 0 Å². The van der Waals surface area contributed by atoms with Gasteiger partial charge in [-0.1, -0.05) is 6.07 Å². The highest BCUT2D eigenvalue weighted by molar-refractivity contribution is 5.79. The minimum absolute atomic E-state index is 0.00572. The van der Waals surface area contributed by atoms with Gasteiger partial charge in [0.05, 0.1) is 6.61 Å². The molecule has 0 bridgehead atoms. The predicted octanol–water partition coefficient (Wildman–Crippen LogP) is 1.20. The molecule has 4 heteroatoms. The maximum Gasteiger partial charge on any atom is 0.182 e. The van der Waals surface area contributed by atoms with Gasteiger partial charge in [-0.15, -0.1) is 0 Å². The van der Waals surface area contributed by atoms with Crippen LogP contribution in [0.1, 0.15) is 0 Å². The highest BCUT2D eigenvalue weighted by Gasteiger charge is 2.04. The Balaban J connectivity index is 2.37. The smallest absolute Gasteiger partial charge is 0.182 e. The average Bonchev–Trinajstić information content (AvgIpc) is 2.62. The first-order chi connectivity index (χ1) is 6.42. The lowest BCUT2D eigenvalue weighted by molar-refractivity contribution is 0.202. The average molecular weight is 179 g/mol. The second-order valence-electron chi connectivity index (χ2n) is 2.53. The number of fused-ring (bicyclic) bond motifs is 1. The molecule has 0 unspecified atom stereocenters.